The van der Waals surface area contributed by atoms with Crippen LogP contribution in [-0.2, 0) is 10.0 Å². The average molecular weight is 504 g/mol. The van der Waals surface area contributed by atoms with E-state index in [0.717, 1.165) is 24.8 Å². The minimum absolute atomic E-state index is 0.0757. The van der Waals surface area contributed by atoms with Gasteiger partial charge in [0.15, 0.2) is 4.34 Å². The molecule has 34 heavy (non-hydrogen) atoms. The summed E-state index contributed by atoms with van der Waals surface area (Å²) in [5, 5.41) is 10.5. The van der Waals surface area contributed by atoms with Gasteiger partial charge in [0.05, 0.1) is 44.4 Å². The van der Waals surface area contributed by atoms with Crippen molar-refractivity contribution in [1.82, 2.24) is 4.98 Å². The Hall–Kier alpha value is -3.58. The molecule has 0 saturated carbocycles. The lowest BCUT2D eigenvalue weighted by Crippen LogP contribution is -2.13. The first-order chi connectivity index (χ1) is 16.5. The van der Waals surface area contributed by atoms with E-state index in [4.69, 9.17) is 15.0 Å². The molecule has 0 atom stereocenters. The van der Waals surface area contributed by atoms with Crippen LogP contribution in [0.5, 0.6) is 5.75 Å². The van der Waals surface area contributed by atoms with E-state index < -0.39 is 10.0 Å². The Morgan fingerprint density at radius 3 is 2.41 bits per heavy atom. The molecule has 168 valence electrons. The number of nitrogens with zero attached hydrogens (tertiary/aromatic N) is 2. The van der Waals surface area contributed by atoms with E-state index in [1.807, 2.05) is 54.6 Å². The molecule has 0 unspecified atom stereocenters. The highest BCUT2D eigenvalue weighted by Crippen LogP contribution is 2.45. The molecule has 9 heteroatoms. The lowest BCUT2D eigenvalue weighted by atomic mass is 10.1. The molecule has 4 aromatic carbocycles. The number of hydrogen-bond acceptors (Lipinski definition) is 7. The Labute approximate surface area is 204 Å². The zero-order valence-electron chi connectivity index (χ0n) is 17.8. The molecule has 0 saturated heterocycles. The molecule has 0 aliphatic carbocycles. The summed E-state index contributed by atoms with van der Waals surface area (Å²) < 4.78 is 36.7. The Morgan fingerprint density at radius 1 is 1.00 bits per heavy atom. The van der Waals surface area contributed by atoms with E-state index >= 15 is 0 Å². The van der Waals surface area contributed by atoms with E-state index in [2.05, 4.69) is 4.72 Å². The maximum Gasteiger partial charge on any atom is 0.261 e. The van der Waals surface area contributed by atoms with Gasteiger partial charge in [-0.05, 0) is 42.5 Å². The summed E-state index contributed by atoms with van der Waals surface area (Å²) in [5.41, 5.74) is 1.74. The SMILES string of the molecule is COc1c(Sc2nc3ccccc3s2)cc(NS(=O)(=O)c2ccc(C#N)cc2)c2ccccc12. The van der Waals surface area contributed by atoms with Gasteiger partial charge in [0, 0.05) is 10.8 Å². The second kappa shape index (κ2) is 8.99. The van der Waals surface area contributed by atoms with E-state index in [0.29, 0.717) is 22.4 Å². The van der Waals surface area contributed by atoms with Crippen molar-refractivity contribution in [3.63, 3.8) is 0 Å². The number of anilines is 1. The van der Waals surface area contributed by atoms with Crippen LogP contribution >= 0.6 is 23.1 Å². The van der Waals surface area contributed by atoms with Gasteiger partial charge in [-0.15, -0.1) is 11.3 Å². The van der Waals surface area contributed by atoms with Crippen molar-refractivity contribution in [3.8, 4) is 11.8 Å². The van der Waals surface area contributed by atoms with E-state index in [9.17, 15) is 8.42 Å². The van der Waals surface area contributed by atoms with Crippen LogP contribution in [0.3, 0.4) is 0 Å². The van der Waals surface area contributed by atoms with Crippen LogP contribution in [0.15, 0.2) is 93.0 Å². The van der Waals surface area contributed by atoms with Crippen LogP contribution in [0.1, 0.15) is 5.56 Å². The van der Waals surface area contributed by atoms with E-state index in [-0.39, 0.29) is 4.90 Å². The molecule has 0 aliphatic rings. The van der Waals surface area contributed by atoms with Gasteiger partial charge in [0.25, 0.3) is 10.0 Å². The van der Waals surface area contributed by atoms with Crippen LogP contribution < -0.4 is 9.46 Å². The molecule has 1 aromatic heterocycles. The lowest BCUT2D eigenvalue weighted by molar-refractivity contribution is 0.410. The fraction of sp³-hybridized carbons (Fsp3) is 0.0400. The molecular formula is C25H17N3O3S3. The molecular weight excluding hydrogens is 486 g/mol. The van der Waals surface area contributed by atoms with Crippen molar-refractivity contribution in [2.24, 2.45) is 0 Å². The predicted octanol–water partition coefficient (Wildman–Crippen LogP) is 6.28. The minimum Gasteiger partial charge on any atom is -0.495 e. The van der Waals surface area contributed by atoms with Gasteiger partial charge in [-0.25, -0.2) is 13.4 Å². The summed E-state index contributed by atoms with van der Waals surface area (Å²) in [6.45, 7) is 0. The maximum atomic E-state index is 13.1. The molecule has 0 aliphatic heterocycles. The second-order valence-corrected chi connectivity index (χ2v) is 11.3. The fourth-order valence-electron chi connectivity index (χ4n) is 3.60. The maximum absolute atomic E-state index is 13.1. The number of para-hydroxylation sites is 1. The van der Waals surface area contributed by atoms with Crippen molar-refractivity contribution >= 4 is 59.8 Å². The van der Waals surface area contributed by atoms with Gasteiger partial charge in [0.2, 0.25) is 0 Å². The van der Waals surface area contributed by atoms with Crippen molar-refractivity contribution in [2.75, 3.05) is 11.8 Å². The Morgan fingerprint density at radius 2 is 1.71 bits per heavy atom. The molecule has 0 radical (unpaired) electrons. The number of benzene rings is 4. The lowest BCUT2D eigenvalue weighted by Gasteiger charge is -2.16. The molecule has 1 heterocycles. The molecule has 6 nitrogen and oxygen atoms in total. The fourth-order valence-corrected chi connectivity index (χ4v) is 6.86. The first kappa shape index (κ1) is 22.2. The van der Waals surface area contributed by atoms with Gasteiger partial charge in [0.1, 0.15) is 5.75 Å². The topological polar surface area (TPSA) is 92.1 Å². The quantitative estimate of drug-likeness (QED) is 0.293. The summed E-state index contributed by atoms with van der Waals surface area (Å²) in [7, 11) is -2.28. The zero-order valence-corrected chi connectivity index (χ0v) is 20.3. The van der Waals surface area contributed by atoms with Crippen molar-refractivity contribution in [2.45, 2.75) is 14.1 Å². The highest BCUT2D eigenvalue weighted by molar-refractivity contribution is 8.01. The van der Waals surface area contributed by atoms with Crippen LogP contribution in [-0.4, -0.2) is 20.5 Å². The number of nitriles is 1. The monoisotopic (exact) mass is 503 g/mol. The minimum atomic E-state index is -3.88. The zero-order chi connectivity index (χ0) is 23.7. The van der Waals surface area contributed by atoms with Gasteiger partial charge in [-0.1, -0.05) is 48.2 Å². The first-order valence-electron chi connectivity index (χ1n) is 10.1. The van der Waals surface area contributed by atoms with Crippen LogP contribution in [0.2, 0.25) is 0 Å². The number of aromatic nitrogens is 1. The van der Waals surface area contributed by atoms with E-state index in [1.54, 1.807) is 24.5 Å². The van der Waals surface area contributed by atoms with Gasteiger partial charge in [-0.3, -0.25) is 4.72 Å². The molecule has 0 bridgehead atoms. The van der Waals surface area contributed by atoms with Gasteiger partial charge in [-0.2, -0.15) is 5.26 Å². The summed E-state index contributed by atoms with van der Waals surface area (Å²) in [4.78, 5) is 5.52. The molecule has 5 rings (SSSR count). The van der Waals surface area contributed by atoms with Crippen LogP contribution in [0.25, 0.3) is 21.0 Å². The summed E-state index contributed by atoms with van der Waals surface area (Å²) in [5.74, 6) is 0.654. The molecule has 5 aromatic rings. The standard InChI is InChI=1S/C25H17N3O3S3/c1-31-24-19-7-3-2-6-18(19)21(28-34(29,30)17-12-10-16(15-26)11-13-17)14-23(24)33-25-27-20-8-4-5-9-22(20)32-25/h2-14,28H,1H3. The highest BCUT2D eigenvalue weighted by Gasteiger charge is 2.20. The number of hydrogen-bond donors (Lipinski definition) is 1. The number of ether oxygens (including phenoxy) is 1. The van der Waals surface area contributed by atoms with Gasteiger partial charge >= 0.3 is 0 Å². The molecule has 0 fully saturated rings. The largest absolute Gasteiger partial charge is 0.495 e. The summed E-state index contributed by atoms with van der Waals surface area (Å²) in [6, 6.07) is 25.0. The van der Waals surface area contributed by atoms with Crippen LogP contribution in [0, 0.1) is 11.3 Å². The Bertz CT molecular complexity index is 1640. The number of methoxy groups -OCH3 is 1. The highest BCUT2D eigenvalue weighted by atomic mass is 32.2. The number of thiazole rings is 1. The number of nitrogens with one attached hydrogen (secondary N) is 1. The number of fused-ring (bicyclic) bond motifs is 2. The van der Waals surface area contributed by atoms with Crippen molar-refractivity contribution in [3.05, 3.63) is 84.4 Å². The third-order valence-electron chi connectivity index (χ3n) is 5.17. The third-order valence-corrected chi connectivity index (χ3v) is 8.68. The van der Waals surface area contributed by atoms with Crippen molar-refractivity contribution in [1.29, 1.82) is 5.26 Å². The van der Waals surface area contributed by atoms with Crippen molar-refractivity contribution < 1.29 is 13.2 Å². The van der Waals surface area contributed by atoms with Crippen LogP contribution in [0.4, 0.5) is 5.69 Å². The Balaban J connectivity index is 1.60. The first-order valence-corrected chi connectivity index (χ1v) is 13.3. The predicted molar refractivity (Wildman–Crippen MR) is 136 cm³/mol. The molecule has 1 N–H and O–H groups in total. The normalized spacial score (nSPS) is 11.4. The second-order valence-electron chi connectivity index (χ2n) is 7.29. The summed E-state index contributed by atoms with van der Waals surface area (Å²) in [6.07, 6.45) is 0. The number of sulfonamides is 1. The van der Waals surface area contributed by atoms with E-state index in [1.165, 1.54) is 36.0 Å². The third kappa shape index (κ3) is 4.19. The molecule has 0 spiro atoms. The number of rotatable bonds is 6. The average Bonchev–Trinajstić information content (AvgIpc) is 3.26. The summed E-state index contributed by atoms with van der Waals surface area (Å²) >= 11 is 3.00. The molecule has 0 amide bonds. The Kier molecular flexibility index (Phi) is 5.87. The van der Waals surface area contributed by atoms with Gasteiger partial charge < -0.3 is 4.74 Å². The smallest absolute Gasteiger partial charge is 0.261 e.